The summed E-state index contributed by atoms with van der Waals surface area (Å²) in [6.07, 6.45) is 0. The number of para-hydroxylation sites is 1. The van der Waals surface area contributed by atoms with E-state index in [1.807, 2.05) is 11.3 Å². The Kier molecular flexibility index (Phi) is 8.17. The Bertz CT molecular complexity index is 3400. The minimum absolute atomic E-state index is 0.00743. The van der Waals surface area contributed by atoms with Crippen molar-refractivity contribution in [1.29, 1.82) is 0 Å². The zero-order valence-corrected chi connectivity index (χ0v) is 36.2. The van der Waals surface area contributed by atoms with E-state index >= 15 is 0 Å². The van der Waals surface area contributed by atoms with Gasteiger partial charge in [0.05, 0.1) is 11.4 Å². The molecule has 9 aromatic carbocycles. The summed E-state index contributed by atoms with van der Waals surface area (Å²) in [7, 11) is 0. The molecule has 0 radical (unpaired) electrons. The molecule has 0 bridgehead atoms. The number of thiophene rings is 1. The van der Waals surface area contributed by atoms with Gasteiger partial charge >= 0.3 is 0 Å². The van der Waals surface area contributed by atoms with E-state index in [0.717, 1.165) is 11.4 Å². The number of hydrogen-bond donors (Lipinski definition) is 0. The molecule has 0 saturated carbocycles. The molecule has 2 aliphatic rings. The monoisotopic (exact) mass is 811 g/mol. The van der Waals surface area contributed by atoms with Crippen LogP contribution in [-0.2, 0) is 10.8 Å². The van der Waals surface area contributed by atoms with Gasteiger partial charge in [0, 0.05) is 47.8 Å². The SMILES string of the molecule is CC1(C)c2ccccc2-c2cc(-c3ccc(-c4ccc(N(c5ccccc5-c5ccc6sc7ccccc7c6c5)c5cccc6c5-c5ccccc5C6(C)C)cc4)cc3)ccc21. The van der Waals surface area contributed by atoms with Gasteiger partial charge in [-0.05, 0) is 115 Å². The van der Waals surface area contributed by atoms with Crippen LogP contribution < -0.4 is 4.90 Å². The van der Waals surface area contributed by atoms with Crippen LogP contribution in [0.5, 0.6) is 0 Å². The van der Waals surface area contributed by atoms with Gasteiger partial charge < -0.3 is 4.90 Å². The zero-order chi connectivity index (χ0) is 41.7. The van der Waals surface area contributed by atoms with Gasteiger partial charge in [-0.25, -0.2) is 0 Å². The van der Waals surface area contributed by atoms with Gasteiger partial charge in [0.25, 0.3) is 0 Å². The van der Waals surface area contributed by atoms with Crippen LogP contribution in [0.1, 0.15) is 49.9 Å². The number of rotatable bonds is 6. The van der Waals surface area contributed by atoms with Crippen LogP contribution in [0.15, 0.2) is 200 Å². The third kappa shape index (κ3) is 5.53. The van der Waals surface area contributed by atoms with Crippen molar-refractivity contribution in [2.24, 2.45) is 0 Å². The highest BCUT2D eigenvalue weighted by Gasteiger charge is 2.38. The average molecular weight is 812 g/mol. The third-order valence-corrected chi connectivity index (χ3v) is 15.1. The molecule has 0 amide bonds. The molecule has 0 aliphatic heterocycles. The highest BCUT2D eigenvalue weighted by Crippen LogP contribution is 2.55. The lowest BCUT2D eigenvalue weighted by atomic mass is 9.82. The fourth-order valence-corrected chi connectivity index (χ4v) is 11.8. The van der Waals surface area contributed by atoms with Gasteiger partial charge in [-0.3, -0.25) is 0 Å². The molecule has 0 spiro atoms. The smallest absolute Gasteiger partial charge is 0.0543 e. The number of fused-ring (bicyclic) bond motifs is 9. The lowest BCUT2D eigenvalue weighted by molar-refractivity contribution is 0.660. The van der Waals surface area contributed by atoms with Gasteiger partial charge in [0.2, 0.25) is 0 Å². The Balaban J connectivity index is 0.961. The Morgan fingerprint density at radius 2 is 0.855 bits per heavy atom. The van der Waals surface area contributed by atoms with Gasteiger partial charge in [-0.15, -0.1) is 11.3 Å². The van der Waals surface area contributed by atoms with Crippen LogP contribution in [0.4, 0.5) is 17.1 Å². The summed E-state index contributed by atoms with van der Waals surface area (Å²) in [6, 6.07) is 74.8. The molecule has 1 nitrogen and oxygen atoms in total. The van der Waals surface area contributed by atoms with E-state index in [-0.39, 0.29) is 10.8 Å². The largest absolute Gasteiger partial charge is 0.309 e. The van der Waals surface area contributed by atoms with Crippen molar-refractivity contribution in [2.75, 3.05) is 4.90 Å². The molecule has 1 heterocycles. The summed E-state index contributed by atoms with van der Waals surface area (Å²) in [5, 5.41) is 2.62. The van der Waals surface area contributed by atoms with E-state index in [1.165, 1.54) is 104 Å². The highest BCUT2D eigenvalue weighted by molar-refractivity contribution is 7.25. The Morgan fingerprint density at radius 1 is 0.339 bits per heavy atom. The summed E-state index contributed by atoms with van der Waals surface area (Å²) < 4.78 is 2.64. The second-order valence-corrected chi connectivity index (χ2v) is 19.2. The first-order valence-electron chi connectivity index (χ1n) is 21.8. The summed E-state index contributed by atoms with van der Waals surface area (Å²) >= 11 is 1.87. The van der Waals surface area contributed by atoms with Crippen LogP contribution in [0, 0.1) is 0 Å². The van der Waals surface area contributed by atoms with Gasteiger partial charge in [-0.2, -0.15) is 0 Å². The Hall–Kier alpha value is -7.00. The van der Waals surface area contributed by atoms with Crippen LogP contribution >= 0.6 is 11.3 Å². The third-order valence-electron chi connectivity index (χ3n) is 13.9. The van der Waals surface area contributed by atoms with Crippen LogP contribution in [0.3, 0.4) is 0 Å². The molecule has 62 heavy (non-hydrogen) atoms. The van der Waals surface area contributed by atoms with Crippen molar-refractivity contribution in [2.45, 2.75) is 38.5 Å². The minimum Gasteiger partial charge on any atom is -0.309 e. The molecule has 2 aliphatic carbocycles. The van der Waals surface area contributed by atoms with Gasteiger partial charge in [-0.1, -0.05) is 179 Å². The number of benzene rings is 9. The van der Waals surface area contributed by atoms with E-state index < -0.39 is 0 Å². The van der Waals surface area contributed by atoms with Crippen molar-refractivity contribution in [3.05, 3.63) is 222 Å². The summed E-state index contributed by atoms with van der Waals surface area (Å²) in [4.78, 5) is 2.50. The standard InChI is InChI=1S/C60H45NS/c1-59(2)50-18-9-5-15-45(50)48-36-41(30-34-52(48)59)40-26-24-38(25-27-40)39-28-32-43(33-29-39)61(55-22-13-20-53-58(55)47-17-6-10-19-51(47)60(53,3)4)54-21-11-7-14-44(54)42-31-35-57-49(37-42)46-16-8-12-23-56(46)62-57/h5-37H,1-4H3. The number of anilines is 3. The second-order valence-electron chi connectivity index (χ2n) is 18.1. The first kappa shape index (κ1) is 36.8. The van der Waals surface area contributed by atoms with Crippen molar-refractivity contribution in [3.8, 4) is 55.6 Å². The molecule has 10 aromatic rings. The van der Waals surface area contributed by atoms with E-state index in [4.69, 9.17) is 0 Å². The van der Waals surface area contributed by atoms with Crippen LogP contribution in [0.2, 0.25) is 0 Å². The first-order valence-corrected chi connectivity index (χ1v) is 22.6. The molecule has 296 valence electrons. The summed E-state index contributed by atoms with van der Waals surface area (Å²) in [5.41, 5.74) is 21.5. The topological polar surface area (TPSA) is 3.24 Å². The molecule has 0 unspecified atom stereocenters. The predicted molar refractivity (Wildman–Crippen MR) is 265 cm³/mol. The maximum Gasteiger partial charge on any atom is 0.0543 e. The van der Waals surface area contributed by atoms with E-state index in [9.17, 15) is 0 Å². The summed E-state index contributed by atoms with van der Waals surface area (Å²) in [5.74, 6) is 0. The second kappa shape index (κ2) is 13.8. The normalized spacial score (nSPS) is 14.1. The molecular weight excluding hydrogens is 767 g/mol. The molecule has 0 atom stereocenters. The van der Waals surface area contributed by atoms with Crippen molar-refractivity contribution < 1.29 is 0 Å². The molecule has 0 fully saturated rings. The van der Waals surface area contributed by atoms with Crippen molar-refractivity contribution >= 4 is 48.6 Å². The number of nitrogens with zero attached hydrogens (tertiary/aromatic N) is 1. The van der Waals surface area contributed by atoms with Gasteiger partial charge in [0.15, 0.2) is 0 Å². The van der Waals surface area contributed by atoms with Crippen LogP contribution in [0.25, 0.3) is 75.8 Å². The predicted octanol–water partition coefficient (Wildman–Crippen LogP) is 17.1. The first-order chi connectivity index (χ1) is 30.3. The molecule has 0 saturated heterocycles. The molecule has 2 heteroatoms. The number of hydrogen-bond acceptors (Lipinski definition) is 2. The van der Waals surface area contributed by atoms with E-state index in [1.54, 1.807) is 0 Å². The molecule has 1 aromatic heterocycles. The maximum atomic E-state index is 2.50. The minimum atomic E-state index is -0.116. The zero-order valence-electron chi connectivity index (χ0n) is 35.4. The van der Waals surface area contributed by atoms with Crippen molar-refractivity contribution in [1.82, 2.24) is 0 Å². The lowest BCUT2D eigenvalue weighted by Gasteiger charge is -2.30. The highest BCUT2D eigenvalue weighted by atomic mass is 32.1. The van der Waals surface area contributed by atoms with Crippen molar-refractivity contribution in [3.63, 3.8) is 0 Å². The molecule has 12 rings (SSSR count). The maximum absolute atomic E-state index is 2.50. The van der Waals surface area contributed by atoms with E-state index in [2.05, 4.69) is 233 Å². The quantitative estimate of drug-likeness (QED) is 0.162. The fourth-order valence-electron chi connectivity index (χ4n) is 10.7. The van der Waals surface area contributed by atoms with Gasteiger partial charge in [0.1, 0.15) is 0 Å². The fraction of sp³-hybridized carbons (Fsp3) is 0.100. The Morgan fingerprint density at radius 3 is 1.63 bits per heavy atom. The molecule has 0 N–H and O–H groups in total. The summed E-state index contributed by atoms with van der Waals surface area (Å²) in [6.45, 7) is 9.41. The van der Waals surface area contributed by atoms with E-state index in [0.29, 0.717) is 0 Å². The van der Waals surface area contributed by atoms with Crippen LogP contribution in [-0.4, -0.2) is 0 Å². The lowest BCUT2D eigenvalue weighted by Crippen LogP contribution is -2.16. The average Bonchev–Trinajstić information content (AvgIpc) is 3.89. The molecular formula is C60H45NS. The Labute approximate surface area is 368 Å².